The Morgan fingerprint density at radius 2 is 2.14 bits per heavy atom. The number of nitrogens with zero attached hydrogens (tertiary/aromatic N) is 1. The van der Waals surface area contributed by atoms with Crippen LogP contribution in [-0.4, -0.2) is 10.9 Å². The molecule has 0 aliphatic heterocycles. The molecule has 0 aliphatic rings. The number of anilines is 2. The van der Waals surface area contributed by atoms with Gasteiger partial charge < -0.3 is 11.1 Å². The Balaban J connectivity index is 2.11. The molecule has 21 heavy (non-hydrogen) atoms. The van der Waals surface area contributed by atoms with Crippen LogP contribution in [0.5, 0.6) is 0 Å². The van der Waals surface area contributed by atoms with Crippen LogP contribution in [0.15, 0.2) is 28.1 Å². The number of hydrogen-bond acceptors (Lipinski definition) is 4. The van der Waals surface area contributed by atoms with E-state index in [0.717, 1.165) is 6.07 Å². The lowest BCUT2D eigenvalue weighted by atomic mass is 10.2. The maximum absolute atomic E-state index is 12.8. The van der Waals surface area contributed by atoms with Crippen LogP contribution < -0.4 is 11.1 Å². The Hall–Kier alpha value is -1.61. The number of alkyl halides is 3. The summed E-state index contributed by atoms with van der Waals surface area (Å²) in [6.07, 6.45) is -4.55. The molecule has 1 heterocycles. The number of benzene rings is 1. The van der Waals surface area contributed by atoms with Gasteiger partial charge >= 0.3 is 6.18 Å². The lowest BCUT2D eigenvalue weighted by Gasteiger charge is -2.11. The van der Waals surface area contributed by atoms with Gasteiger partial charge in [0.25, 0.3) is 0 Å². The van der Waals surface area contributed by atoms with Gasteiger partial charge in [0.15, 0.2) is 5.13 Å². The van der Waals surface area contributed by atoms with E-state index in [1.807, 2.05) is 0 Å². The Morgan fingerprint density at radius 1 is 1.43 bits per heavy atom. The zero-order valence-electron chi connectivity index (χ0n) is 10.4. The van der Waals surface area contributed by atoms with Crippen molar-refractivity contribution in [2.45, 2.75) is 12.6 Å². The molecule has 1 aromatic carbocycles. The number of hydrogen-bond donors (Lipinski definition) is 2. The van der Waals surface area contributed by atoms with Crippen LogP contribution in [0.1, 0.15) is 11.3 Å². The monoisotopic (exact) mass is 379 g/mol. The molecule has 0 radical (unpaired) electrons. The average molecular weight is 380 g/mol. The van der Waals surface area contributed by atoms with Crippen molar-refractivity contribution in [3.8, 4) is 0 Å². The highest BCUT2D eigenvalue weighted by atomic mass is 79.9. The van der Waals surface area contributed by atoms with Gasteiger partial charge in [-0.15, -0.1) is 11.3 Å². The third-order valence-electron chi connectivity index (χ3n) is 2.47. The number of carbonyl (C=O) groups excluding carboxylic acids is 1. The van der Waals surface area contributed by atoms with E-state index in [2.05, 4.69) is 26.2 Å². The molecule has 1 amide bonds. The first kappa shape index (κ1) is 15.8. The van der Waals surface area contributed by atoms with Crippen molar-refractivity contribution >= 4 is 44.0 Å². The van der Waals surface area contributed by atoms with Crippen LogP contribution in [0.4, 0.5) is 24.0 Å². The molecule has 9 heteroatoms. The second kappa shape index (κ2) is 6.02. The largest absolute Gasteiger partial charge is 0.417 e. The molecule has 2 aromatic rings. The zero-order chi connectivity index (χ0) is 15.6. The SMILES string of the molecule is Nc1nc(CC(=O)Nc2ccc(Br)c(C(F)(F)F)c2)cs1. The molecule has 0 unspecified atom stereocenters. The molecule has 0 aliphatic carbocycles. The third-order valence-corrected chi connectivity index (χ3v) is 3.88. The highest BCUT2D eigenvalue weighted by Gasteiger charge is 2.33. The summed E-state index contributed by atoms with van der Waals surface area (Å²) in [4.78, 5) is 15.7. The first-order valence-electron chi connectivity index (χ1n) is 5.62. The lowest BCUT2D eigenvalue weighted by Crippen LogP contribution is -2.15. The normalized spacial score (nSPS) is 11.4. The van der Waals surface area contributed by atoms with Gasteiger partial charge in [-0.3, -0.25) is 4.79 Å². The van der Waals surface area contributed by atoms with Crippen LogP contribution in [0, 0.1) is 0 Å². The van der Waals surface area contributed by atoms with Crippen LogP contribution in [0.3, 0.4) is 0 Å². The van der Waals surface area contributed by atoms with Gasteiger partial charge in [-0.1, -0.05) is 15.9 Å². The molecular weight excluding hydrogens is 371 g/mol. The summed E-state index contributed by atoms with van der Waals surface area (Å²) in [7, 11) is 0. The molecule has 0 spiro atoms. The highest BCUT2D eigenvalue weighted by molar-refractivity contribution is 9.10. The minimum atomic E-state index is -4.50. The number of thiazole rings is 1. The van der Waals surface area contributed by atoms with Gasteiger partial charge in [0.1, 0.15) is 0 Å². The number of aromatic nitrogens is 1. The second-order valence-electron chi connectivity index (χ2n) is 4.09. The number of rotatable bonds is 3. The average Bonchev–Trinajstić information content (AvgIpc) is 2.75. The summed E-state index contributed by atoms with van der Waals surface area (Å²) in [5, 5.41) is 4.36. The standard InChI is InChI=1S/C12H9BrF3N3OS/c13-9-2-1-6(3-8(9)12(14,15)16)18-10(20)4-7-5-21-11(17)19-7/h1-3,5H,4H2,(H2,17,19)(H,18,20). The summed E-state index contributed by atoms with van der Waals surface area (Å²) in [6.45, 7) is 0. The van der Waals surface area contributed by atoms with E-state index < -0.39 is 17.6 Å². The fourth-order valence-electron chi connectivity index (χ4n) is 1.59. The van der Waals surface area contributed by atoms with Gasteiger partial charge in [-0.25, -0.2) is 4.98 Å². The molecule has 0 bridgehead atoms. The van der Waals surface area contributed by atoms with Crippen molar-refractivity contribution in [3.05, 3.63) is 39.3 Å². The van der Waals surface area contributed by atoms with E-state index in [4.69, 9.17) is 5.73 Å². The smallest absolute Gasteiger partial charge is 0.375 e. The third kappa shape index (κ3) is 4.18. The number of halogens is 4. The summed E-state index contributed by atoms with van der Waals surface area (Å²) in [5.41, 5.74) is 5.13. The maximum atomic E-state index is 12.8. The Bertz CT molecular complexity index is 672. The molecule has 0 saturated carbocycles. The fraction of sp³-hybridized carbons (Fsp3) is 0.167. The molecule has 112 valence electrons. The van der Waals surface area contributed by atoms with Gasteiger partial charge in [-0.05, 0) is 18.2 Å². The van der Waals surface area contributed by atoms with E-state index in [0.29, 0.717) is 10.8 Å². The van der Waals surface area contributed by atoms with Gasteiger partial charge in [-0.2, -0.15) is 13.2 Å². The van der Waals surface area contributed by atoms with E-state index in [1.165, 1.54) is 23.5 Å². The first-order valence-corrected chi connectivity index (χ1v) is 7.29. The van der Waals surface area contributed by atoms with Gasteiger partial charge in [0, 0.05) is 15.5 Å². The maximum Gasteiger partial charge on any atom is 0.417 e. The Labute approximate surface area is 130 Å². The Kier molecular flexibility index (Phi) is 4.52. The fourth-order valence-corrected chi connectivity index (χ4v) is 2.63. The van der Waals surface area contributed by atoms with E-state index in [9.17, 15) is 18.0 Å². The number of amides is 1. The highest BCUT2D eigenvalue weighted by Crippen LogP contribution is 2.36. The van der Waals surface area contributed by atoms with Crippen molar-refractivity contribution in [3.63, 3.8) is 0 Å². The summed E-state index contributed by atoms with van der Waals surface area (Å²) >= 11 is 4.03. The molecule has 0 atom stereocenters. The van der Waals surface area contributed by atoms with Crippen molar-refractivity contribution < 1.29 is 18.0 Å². The zero-order valence-corrected chi connectivity index (χ0v) is 12.8. The van der Waals surface area contributed by atoms with Crippen molar-refractivity contribution in [1.82, 2.24) is 4.98 Å². The van der Waals surface area contributed by atoms with Crippen LogP contribution in [-0.2, 0) is 17.4 Å². The van der Waals surface area contributed by atoms with Crippen LogP contribution in [0.25, 0.3) is 0 Å². The van der Waals surface area contributed by atoms with E-state index in [-0.39, 0.29) is 16.6 Å². The van der Waals surface area contributed by atoms with Gasteiger partial charge in [0.05, 0.1) is 17.7 Å². The van der Waals surface area contributed by atoms with Crippen LogP contribution in [0.2, 0.25) is 0 Å². The predicted molar refractivity (Wildman–Crippen MR) is 78.0 cm³/mol. The number of nitrogens with two attached hydrogens (primary N) is 1. The molecule has 2 rings (SSSR count). The number of nitrogens with one attached hydrogen (secondary N) is 1. The molecule has 0 saturated heterocycles. The van der Waals surface area contributed by atoms with Crippen molar-refractivity contribution in [2.75, 3.05) is 11.1 Å². The summed E-state index contributed by atoms with van der Waals surface area (Å²) < 4.78 is 38.2. The van der Waals surface area contributed by atoms with Crippen LogP contribution >= 0.6 is 27.3 Å². The minimum absolute atomic E-state index is 0.0505. The van der Waals surface area contributed by atoms with Crippen molar-refractivity contribution in [1.29, 1.82) is 0 Å². The molecule has 3 N–H and O–H groups in total. The predicted octanol–water partition coefficient (Wildman–Crippen LogP) is 3.69. The molecule has 4 nitrogen and oxygen atoms in total. The summed E-state index contributed by atoms with van der Waals surface area (Å²) in [6, 6.07) is 3.49. The second-order valence-corrected chi connectivity index (χ2v) is 5.84. The first-order chi connectivity index (χ1) is 9.75. The Morgan fingerprint density at radius 3 is 2.71 bits per heavy atom. The number of carbonyl (C=O) groups is 1. The molecular formula is C12H9BrF3N3OS. The molecule has 1 aromatic heterocycles. The number of nitrogen functional groups attached to an aromatic ring is 1. The summed E-state index contributed by atoms with van der Waals surface area (Å²) in [5.74, 6) is -0.462. The topological polar surface area (TPSA) is 68.0 Å². The van der Waals surface area contributed by atoms with Crippen molar-refractivity contribution in [2.24, 2.45) is 0 Å². The quantitative estimate of drug-likeness (QED) is 0.854. The lowest BCUT2D eigenvalue weighted by molar-refractivity contribution is -0.138. The van der Waals surface area contributed by atoms with E-state index in [1.54, 1.807) is 5.38 Å². The minimum Gasteiger partial charge on any atom is -0.375 e. The van der Waals surface area contributed by atoms with Gasteiger partial charge in [0.2, 0.25) is 5.91 Å². The molecule has 0 fully saturated rings. The van der Waals surface area contributed by atoms with E-state index >= 15 is 0 Å².